The average Bonchev–Trinajstić information content (AvgIpc) is 2.75. The highest BCUT2D eigenvalue weighted by molar-refractivity contribution is 7.21. The second kappa shape index (κ2) is 5.68. The molecule has 21 heavy (non-hydrogen) atoms. The molecule has 114 valence electrons. The number of hydrogen-bond acceptors (Lipinski definition) is 3. The van der Waals surface area contributed by atoms with Gasteiger partial charge in [0.2, 0.25) is 0 Å². The van der Waals surface area contributed by atoms with Gasteiger partial charge in [-0.1, -0.05) is 45.9 Å². The van der Waals surface area contributed by atoms with Crippen LogP contribution in [0.2, 0.25) is 0 Å². The van der Waals surface area contributed by atoms with Crippen molar-refractivity contribution in [3.05, 3.63) is 28.6 Å². The molecule has 0 atom stereocenters. The van der Waals surface area contributed by atoms with E-state index in [4.69, 9.17) is 5.73 Å². The lowest BCUT2D eigenvalue weighted by atomic mass is 9.81. The molecule has 0 aliphatic heterocycles. The van der Waals surface area contributed by atoms with Gasteiger partial charge in [-0.3, -0.25) is 4.79 Å². The Labute approximate surface area is 130 Å². The molecule has 0 fully saturated rings. The molecule has 4 heteroatoms. The summed E-state index contributed by atoms with van der Waals surface area (Å²) in [5, 5.41) is 4.01. The maximum Gasteiger partial charge on any atom is 0.263 e. The van der Waals surface area contributed by atoms with Crippen molar-refractivity contribution in [1.29, 1.82) is 0 Å². The Morgan fingerprint density at radius 1 is 1.38 bits per heavy atom. The molecule has 0 spiro atoms. The summed E-state index contributed by atoms with van der Waals surface area (Å²) in [5.74, 6) is 0.432. The molecule has 3 N–H and O–H groups in total. The maximum atomic E-state index is 12.4. The monoisotopic (exact) mass is 304 g/mol. The molecule has 0 saturated heterocycles. The zero-order chi connectivity index (χ0) is 15.8. The van der Waals surface area contributed by atoms with Gasteiger partial charge >= 0.3 is 0 Å². The van der Waals surface area contributed by atoms with Crippen molar-refractivity contribution in [2.24, 2.45) is 11.3 Å². The lowest BCUT2D eigenvalue weighted by molar-refractivity contribution is 0.0930. The third kappa shape index (κ3) is 3.05. The van der Waals surface area contributed by atoms with Crippen LogP contribution in [0.15, 0.2) is 18.2 Å². The number of carbonyl (C=O) groups is 1. The summed E-state index contributed by atoms with van der Waals surface area (Å²) in [7, 11) is 0. The molecule has 1 amide bonds. The number of anilines is 1. The number of thiophene rings is 1. The number of benzene rings is 1. The van der Waals surface area contributed by atoms with E-state index in [1.54, 1.807) is 0 Å². The van der Waals surface area contributed by atoms with Gasteiger partial charge in [0.1, 0.15) is 4.88 Å². The lowest BCUT2D eigenvalue weighted by Gasteiger charge is -2.29. The van der Waals surface area contributed by atoms with E-state index in [9.17, 15) is 4.79 Å². The highest BCUT2D eigenvalue weighted by atomic mass is 32.1. The molecule has 0 aliphatic carbocycles. The predicted molar refractivity (Wildman–Crippen MR) is 91.9 cm³/mol. The molecule has 2 aromatic rings. The van der Waals surface area contributed by atoms with Gasteiger partial charge < -0.3 is 11.1 Å². The summed E-state index contributed by atoms with van der Waals surface area (Å²) in [4.78, 5) is 13.1. The van der Waals surface area contributed by atoms with Gasteiger partial charge in [0.05, 0.1) is 5.69 Å². The van der Waals surface area contributed by atoms with Gasteiger partial charge in [0.25, 0.3) is 5.91 Å². The number of carbonyl (C=O) groups excluding carboxylic acids is 1. The Morgan fingerprint density at radius 2 is 2.05 bits per heavy atom. The van der Waals surface area contributed by atoms with Crippen LogP contribution in [0.25, 0.3) is 10.1 Å². The van der Waals surface area contributed by atoms with E-state index >= 15 is 0 Å². The number of fused-ring (bicyclic) bond motifs is 1. The van der Waals surface area contributed by atoms with E-state index in [0.29, 0.717) is 23.0 Å². The van der Waals surface area contributed by atoms with Crippen LogP contribution >= 0.6 is 11.3 Å². The first-order valence-electron chi connectivity index (χ1n) is 7.30. The van der Waals surface area contributed by atoms with E-state index in [1.165, 1.54) is 11.3 Å². The second-order valence-electron chi connectivity index (χ2n) is 6.62. The van der Waals surface area contributed by atoms with Gasteiger partial charge in [-0.2, -0.15) is 0 Å². The summed E-state index contributed by atoms with van der Waals surface area (Å²) in [6.07, 6.45) is 0. The first-order chi connectivity index (χ1) is 9.74. The SMILES string of the molecule is Cc1cccc2c(N)c(C(=O)NCC(C)(C)C(C)C)sc12. The third-order valence-electron chi connectivity index (χ3n) is 4.42. The third-order valence-corrected chi connectivity index (χ3v) is 5.78. The van der Waals surface area contributed by atoms with E-state index in [-0.39, 0.29) is 11.3 Å². The summed E-state index contributed by atoms with van der Waals surface area (Å²) in [5.41, 5.74) is 7.98. The molecule has 0 aliphatic rings. The minimum atomic E-state index is -0.0678. The zero-order valence-electron chi connectivity index (χ0n) is 13.4. The Morgan fingerprint density at radius 3 is 2.62 bits per heavy atom. The highest BCUT2D eigenvalue weighted by Gasteiger charge is 2.24. The molecule has 2 rings (SSSR count). The molecule has 0 bridgehead atoms. The van der Waals surface area contributed by atoms with Crippen molar-refractivity contribution >= 4 is 33.0 Å². The zero-order valence-corrected chi connectivity index (χ0v) is 14.2. The van der Waals surface area contributed by atoms with Gasteiger partial charge in [-0.25, -0.2) is 0 Å². The number of aryl methyl sites for hydroxylation is 1. The molecule has 3 nitrogen and oxygen atoms in total. The number of nitrogens with two attached hydrogens (primary N) is 1. The smallest absolute Gasteiger partial charge is 0.263 e. The minimum Gasteiger partial charge on any atom is -0.397 e. The number of nitrogen functional groups attached to an aromatic ring is 1. The maximum absolute atomic E-state index is 12.4. The Kier molecular flexibility index (Phi) is 4.28. The van der Waals surface area contributed by atoms with E-state index in [0.717, 1.165) is 15.6 Å². The predicted octanol–water partition coefficient (Wildman–Crippen LogP) is 4.20. The van der Waals surface area contributed by atoms with Gasteiger partial charge in [0.15, 0.2) is 0 Å². The number of rotatable bonds is 4. The van der Waals surface area contributed by atoms with Crippen LogP contribution in [0.5, 0.6) is 0 Å². The summed E-state index contributed by atoms with van der Waals surface area (Å²) in [6.45, 7) is 11.4. The van der Waals surface area contributed by atoms with Crippen molar-refractivity contribution in [1.82, 2.24) is 5.32 Å². The molecule has 1 aromatic carbocycles. The summed E-state index contributed by atoms with van der Waals surface area (Å²) < 4.78 is 1.10. The largest absolute Gasteiger partial charge is 0.397 e. The average molecular weight is 304 g/mol. The number of amides is 1. The van der Waals surface area contributed by atoms with Crippen LogP contribution in [0.1, 0.15) is 42.9 Å². The lowest BCUT2D eigenvalue weighted by Crippen LogP contribution is -2.36. The van der Waals surface area contributed by atoms with Crippen LogP contribution < -0.4 is 11.1 Å². The molecular weight excluding hydrogens is 280 g/mol. The highest BCUT2D eigenvalue weighted by Crippen LogP contribution is 2.35. The van der Waals surface area contributed by atoms with Gasteiger partial charge in [0, 0.05) is 16.6 Å². The fraction of sp³-hybridized carbons (Fsp3) is 0.471. The molecule has 0 radical (unpaired) electrons. The number of nitrogens with one attached hydrogen (secondary N) is 1. The first-order valence-corrected chi connectivity index (χ1v) is 8.11. The van der Waals surface area contributed by atoms with Gasteiger partial charge in [-0.05, 0) is 23.8 Å². The summed E-state index contributed by atoms with van der Waals surface area (Å²) in [6, 6.07) is 6.00. The normalized spacial score (nSPS) is 12.1. The quantitative estimate of drug-likeness (QED) is 0.889. The fourth-order valence-corrected chi connectivity index (χ4v) is 3.15. The standard InChI is InChI=1S/C17H24N2OS/c1-10(2)17(4,5)9-19-16(20)15-13(18)12-8-6-7-11(3)14(12)21-15/h6-8,10H,9,18H2,1-5H3,(H,19,20). The van der Waals surface area contributed by atoms with Crippen LogP contribution in [0.4, 0.5) is 5.69 Å². The Balaban J connectivity index is 2.25. The van der Waals surface area contributed by atoms with Crippen molar-refractivity contribution in [3.63, 3.8) is 0 Å². The first kappa shape index (κ1) is 15.8. The Bertz CT molecular complexity index is 671. The van der Waals surface area contributed by atoms with Gasteiger partial charge in [-0.15, -0.1) is 11.3 Å². The molecule has 1 heterocycles. The molecule has 0 unspecified atom stereocenters. The van der Waals surface area contributed by atoms with E-state index in [2.05, 4.69) is 33.0 Å². The van der Waals surface area contributed by atoms with Crippen molar-refractivity contribution < 1.29 is 4.79 Å². The van der Waals surface area contributed by atoms with E-state index < -0.39 is 0 Å². The fourth-order valence-electron chi connectivity index (χ4n) is 2.04. The second-order valence-corrected chi connectivity index (χ2v) is 7.64. The van der Waals surface area contributed by atoms with Crippen molar-refractivity contribution in [3.8, 4) is 0 Å². The number of hydrogen-bond donors (Lipinski definition) is 2. The van der Waals surface area contributed by atoms with Crippen molar-refractivity contribution in [2.45, 2.75) is 34.6 Å². The van der Waals surface area contributed by atoms with Crippen LogP contribution in [0, 0.1) is 18.3 Å². The Hall–Kier alpha value is -1.55. The van der Waals surface area contributed by atoms with Crippen LogP contribution in [0.3, 0.4) is 0 Å². The minimum absolute atomic E-state index is 0.0665. The summed E-state index contributed by atoms with van der Waals surface area (Å²) >= 11 is 1.48. The molecule has 0 saturated carbocycles. The topological polar surface area (TPSA) is 55.1 Å². The molecular formula is C17H24N2OS. The molecule has 1 aromatic heterocycles. The van der Waals surface area contributed by atoms with E-state index in [1.807, 2.05) is 25.1 Å². The van der Waals surface area contributed by atoms with Crippen LogP contribution in [-0.2, 0) is 0 Å². The van der Waals surface area contributed by atoms with Crippen molar-refractivity contribution in [2.75, 3.05) is 12.3 Å². The van der Waals surface area contributed by atoms with Crippen LogP contribution in [-0.4, -0.2) is 12.5 Å².